The zero-order chi connectivity index (χ0) is 14.0. The number of rotatable bonds is 3. The van der Waals surface area contributed by atoms with Gasteiger partial charge in [-0.25, -0.2) is 0 Å². The highest BCUT2D eigenvalue weighted by atomic mass is 16.2. The number of carbonyl (C=O) groups is 2. The van der Waals surface area contributed by atoms with Crippen molar-refractivity contribution < 1.29 is 9.59 Å². The number of H-pyrrole nitrogens is 1. The molecule has 1 aromatic carbocycles. The summed E-state index contributed by atoms with van der Waals surface area (Å²) in [5.41, 5.74) is 1.52. The average molecular weight is 259 g/mol. The Morgan fingerprint density at radius 2 is 1.89 bits per heavy atom. The van der Waals surface area contributed by atoms with Crippen LogP contribution in [0.4, 0.5) is 0 Å². The first-order valence-electron chi connectivity index (χ1n) is 6.02. The van der Waals surface area contributed by atoms with Crippen LogP contribution in [0.2, 0.25) is 0 Å². The third kappa shape index (κ3) is 2.59. The number of nitrogens with zero attached hydrogens (tertiary/aromatic N) is 2. The van der Waals surface area contributed by atoms with Crippen LogP contribution in [0.25, 0.3) is 10.9 Å². The first-order chi connectivity index (χ1) is 9.00. The van der Waals surface area contributed by atoms with E-state index in [2.05, 4.69) is 4.98 Å². The summed E-state index contributed by atoms with van der Waals surface area (Å²) in [5.74, 6) is -0.252. The fourth-order valence-corrected chi connectivity index (χ4v) is 1.89. The van der Waals surface area contributed by atoms with Crippen LogP contribution < -0.4 is 0 Å². The number of aromatic nitrogens is 1. The van der Waals surface area contributed by atoms with Crippen LogP contribution in [-0.2, 0) is 4.79 Å². The van der Waals surface area contributed by atoms with Crippen LogP contribution >= 0.6 is 0 Å². The van der Waals surface area contributed by atoms with Gasteiger partial charge >= 0.3 is 0 Å². The molecule has 0 radical (unpaired) electrons. The number of amides is 2. The highest BCUT2D eigenvalue weighted by molar-refractivity contribution is 6.07. The minimum absolute atomic E-state index is 0.0760. The third-order valence-electron chi connectivity index (χ3n) is 3.04. The Morgan fingerprint density at radius 1 is 1.16 bits per heavy atom. The summed E-state index contributed by atoms with van der Waals surface area (Å²) in [4.78, 5) is 30.0. The maximum Gasteiger partial charge on any atom is 0.254 e. The largest absolute Gasteiger partial charge is 0.361 e. The number of nitrogens with one attached hydrogen (secondary N) is 1. The Labute approximate surface area is 111 Å². The van der Waals surface area contributed by atoms with Crippen molar-refractivity contribution in [3.05, 3.63) is 36.0 Å². The van der Waals surface area contributed by atoms with E-state index >= 15 is 0 Å². The Hall–Kier alpha value is -2.30. The second-order valence-electron chi connectivity index (χ2n) is 4.69. The third-order valence-corrected chi connectivity index (χ3v) is 3.04. The van der Waals surface area contributed by atoms with Crippen LogP contribution in [0.3, 0.4) is 0 Å². The van der Waals surface area contributed by atoms with Gasteiger partial charge in [0.05, 0.1) is 6.54 Å². The lowest BCUT2D eigenvalue weighted by Crippen LogP contribution is -2.37. The van der Waals surface area contributed by atoms with Gasteiger partial charge in [0.1, 0.15) is 0 Å². The fraction of sp³-hybridized carbons (Fsp3) is 0.286. The van der Waals surface area contributed by atoms with Crippen molar-refractivity contribution >= 4 is 22.7 Å². The molecule has 2 rings (SSSR count). The summed E-state index contributed by atoms with van der Waals surface area (Å²) < 4.78 is 0. The Bertz CT molecular complexity index is 616. The molecule has 0 saturated carbocycles. The van der Waals surface area contributed by atoms with Crippen LogP contribution in [0, 0.1) is 0 Å². The van der Waals surface area contributed by atoms with Gasteiger partial charge in [-0.3, -0.25) is 9.59 Å². The standard InChI is InChI=1S/C14H17N3O2/c1-16(2)13(18)9-17(3)14(19)11-5-4-6-12-10(11)7-8-15-12/h4-8,15H,9H2,1-3H3. The molecule has 0 aliphatic rings. The van der Waals surface area contributed by atoms with E-state index in [1.54, 1.807) is 33.4 Å². The lowest BCUT2D eigenvalue weighted by atomic mass is 10.1. The second kappa shape index (κ2) is 5.14. The predicted octanol–water partition coefficient (Wildman–Crippen LogP) is 1.33. The summed E-state index contributed by atoms with van der Waals surface area (Å²) in [6.07, 6.45) is 1.80. The minimum atomic E-state index is -0.152. The summed E-state index contributed by atoms with van der Waals surface area (Å²) in [7, 11) is 4.98. The Morgan fingerprint density at radius 3 is 2.58 bits per heavy atom. The lowest BCUT2D eigenvalue weighted by molar-refractivity contribution is -0.129. The van der Waals surface area contributed by atoms with Crippen molar-refractivity contribution in [2.45, 2.75) is 0 Å². The molecule has 1 N–H and O–H groups in total. The molecule has 2 aromatic rings. The molecule has 1 aromatic heterocycles. The van der Waals surface area contributed by atoms with Gasteiger partial charge in [0.2, 0.25) is 5.91 Å². The topological polar surface area (TPSA) is 56.4 Å². The van der Waals surface area contributed by atoms with Crippen molar-refractivity contribution in [2.24, 2.45) is 0 Å². The van der Waals surface area contributed by atoms with Crippen LogP contribution in [-0.4, -0.2) is 54.3 Å². The average Bonchev–Trinajstić information content (AvgIpc) is 2.85. The van der Waals surface area contributed by atoms with E-state index in [0.717, 1.165) is 10.9 Å². The van der Waals surface area contributed by atoms with E-state index in [1.165, 1.54) is 9.80 Å². The van der Waals surface area contributed by atoms with Crippen LogP contribution in [0.15, 0.2) is 30.5 Å². The van der Waals surface area contributed by atoms with Gasteiger partial charge in [-0.15, -0.1) is 0 Å². The molecule has 0 unspecified atom stereocenters. The molecule has 0 aliphatic carbocycles. The number of carbonyl (C=O) groups excluding carboxylic acids is 2. The molecule has 2 amide bonds. The quantitative estimate of drug-likeness (QED) is 0.904. The first kappa shape index (κ1) is 13.1. The summed E-state index contributed by atoms with van der Waals surface area (Å²) >= 11 is 0. The zero-order valence-electron chi connectivity index (χ0n) is 11.3. The van der Waals surface area contributed by atoms with Gasteiger partial charge < -0.3 is 14.8 Å². The summed E-state index contributed by atoms with van der Waals surface area (Å²) in [6, 6.07) is 7.38. The molecule has 0 aliphatic heterocycles. The van der Waals surface area contributed by atoms with Gasteiger partial charge in [-0.05, 0) is 18.2 Å². The molecule has 100 valence electrons. The SMILES string of the molecule is CN(C)C(=O)CN(C)C(=O)c1cccc2[nH]ccc12. The number of aromatic amines is 1. The van der Waals surface area contributed by atoms with E-state index in [1.807, 2.05) is 18.2 Å². The number of fused-ring (bicyclic) bond motifs is 1. The molecule has 1 heterocycles. The van der Waals surface area contributed by atoms with Crippen molar-refractivity contribution in [1.82, 2.24) is 14.8 Å². The number of hydrogen-bond donors (Lipinski definition) is 1. The molecular weight excluding hydrogens is 242 g/mol. The zero-order valence-corrected chi connectivity index (χ0v) is 11.3. The van der Waals surface area contributed by atoms with Gasteiger partial charge in [0, 0.05) is 43.8 Å². The predicted molar refractivity (Wildman–Crippen MR) is 74.0 cm³/mol. The van der Waals surface area contributed by atoms with Gasteiger partial charge in [-0.2, -0.15) is 0 Å². The Kier molecular flexibility index (Phi) is 3.55. The molecular formula is C14H17N3O2. The van der Waals surface area contributed by atoms with Crippen molar-refractivity contribution in [3.63, 3.8) is 0 Å². The maximum absolute atomic E-state index is 12.4. The number of hydrogen-bond acceptors (Lipinski definition) is 2. The van der Waals surface area contributed by atoms with Gasteiger partial charge in [-0.1, -0.05) is 6.07 Å². The van der Waals surface area contributed by atoms with E-state index < -0.39 is 0 Å². The molecule has 5 heteroatoms. The fourth-order valence-electron chi connectivity index (χ4n) is 1.89. The normalized spacial score (nSPS) is 10.5. The van der Waals surface area contributed by atoms with Gasteiger partial charge in [0.15, 0.2) is 0 Å². The molecule has 0 fully saturated rings. The highest BCUT2D eigenvalue weighted by Crippen LogP contribution is 2.18. The van der Waals surface area contributed by atoms with Crippen LogP contribution in [0.1, 0.15) is 10.4 Å². The smallest absolute Gasteiger partial charge is 0.254 e. The van der Waals surface area contributed by atoms with Crippen molar-refractivity contribution in [1.29, 1.82) is 0 Å². The van der Waals surface area contributed by atoms with Crippen LogP contribution in [0.5, 0.6) is 0 Å². The Balaban J connectivity index is 2.24. The molecule has 0 atom stereocenters. The monoisotopic (exact) mass is 259 g/mol. The van der Waals surface area contributed by atoms with Crippen molar-refractivity contribution in [2.75, 3.05) is 27.7 Å². The lowest BCUT2D eigenvalue weighted by Gasteiger charge is -2.19. The summed E-state index contributed by atoms with van der Waals surface area (Å²) in [6.45, 7) is 0.0760. The van der Waals surface area contributed by atoms with E-state index in [0.29, 0.717) is 5.56 Å². The molecule has 5 nitrogen and oxygen atoms in total. The molecule has 0 spiro atoms. The first-order valence-corrected chi connectivity index (χ1v) is 6.02. The number of likely N-dealkylation sites (N-methyl/N-ethyl adjacent to an activating group) is 2. The molecule has 0 bridgehead atoms. The maximum atomic E-state index is 12.4. The summed E-state index contributed by atoms with van der Waals surface area (Å²) in [5, 5.41) is 0.872. The number of benzene rings is 1. The molecule has 0 saturated heterocycles. The van der Waals surface area contributed by atoms with Crippen molar-refractivity contribution in [3.8, 4) is 0 Å². The molecule has 19 heavy (non-hydrogen) atoms. The highest BCUT2D eigenvalue weighted by Gasteiger charge is 2.17. The van der Waals surface area contributed by atoms with Gasteiger partial charge in [0.25, 0.3) is 5.91 Å². The second-order valence-corrected chi connectivity index (χ2v) is 4.69. The van der Waals surface area contributed by atoms with E-state index in [4.69, 9.17) is 0 Å². The van der Waals surface area contributed by atoms with E-state index in [-0.39, 0.29) is 18.4 Å². The minimum Gasteiger partial charge on any atom is -0.361 e. The van der Waals surface area contributed by atoms with E-state index in [9.17, 15) is 9.59 Å².